The van der Waals surface area contributed by atoms with E-state index in [4.69, 9.17) is 15.3 Å². The monoisotopic (exact) mass is 265 g/mol. The zero-order valence-electron chi connectivity index (χ0n) is 9.91. The number of rotatable bonds is 3. The number of benzene rings is 1. The van der Waals surface area contributed by atoms with Crippen LogP contribution in [0.15, 0.2) is 27.4 Å². The van der Waals surface area contributed by atoms with Gasteiger partial charge in [-0.3, -0.25) is 9.36 Å². The number of aryl methyl sites for hydroxylation is 1. The minimum atomic E-state index is -1.65. The molecule has 1 aromatic carbocycles. The molecule has 1 amide bonds. The van der Waals surface area contributed by atoms with Gasteiger partial charge in [0.2, 0.25) is 0 Å². The minimum Gasteiger partial charge on any atom is -0.480 e. The molecule has 0 saturated carbocycles. The highest BCUT2D eigenvalue weighted by Crippen LogP contribution is 2.17. The van der Waals surface area contributed by atoms with E-state index in [2.05, 4.69) is 5.32 Å². The van der Waals surface area contributed by atoms with Crippen LogP contribution in [-0.4, -0.2) is 27.6 Å². The Hall–Kier alpha value is -2.61. The van der Waals surface area contributed by atoms with E-state index in [9.17, 15) is 14.4 Å². The van der Waals surface area contributed by atoms with Gasteiger partial charge >= 0.3 is 11.7 Å². The summed E-state index contributed by atoms with van der Waals surface area (Å²) in [6, 6.07) is 2.83. The van der Waals surface area contributed by atoms with Crippen LogP contribution in [0, 0.1) is 0 Å². The molecule has 2 aromatic rings. The molecule has 8 nitrogen and oxygen atoms in total. The summed E-state index contributed by atoms with van der Waals surface area (Å²) in [6.07, 6.45) is 0. The highest BCUT2D eigenvalue weighted by molar-refractivity contribution is 6.07. The van der Waals surface area contributed by atoms with E-state index in [1.807, 2.05) is 0 Å². The van der Waals surface area contributed by atoms with Gasteiger partial charge in [0.05, 0.1) is 5.52 Å². The van der Waals surface area contributed by atoms with E-state index >= 15 is 0 Å². The summed E-state index contributed by atoms with van der Waals surface area (Å²) in [5.74, 6) is -2.80. The first kappa shape index (κ1) is 12.8. The molecule has 1 atom stereocenters. The largest absolute Gasteiger partial charge is 0.480 e. The number of carboxylic acids is 1. The number of anilines is 1. The molecule has 0 saturated heterocycles. The van der Waals surface area contributed by atoms with Crippen molar-refractivity contribution >= 4 is 28.7 Å². The van der Waals surface area contributed by atoms with Crippen molar-refractivity contribution in [2.24, 2.45) is 12.8 Å². The second-order valence-electron chi connectivity index (χ2n) is 3.91. The lowest BCUT2D eigenvalue weighted by molar-refractivity contribution is -0.141. The number of nitrogens with one attached hydrogen (secondary N) is 1. The maximum absolute atomic E-state index is 11.5. The summed E-state index contributed by atoms with van der Waals surface area (Å²) >= 11 is 0. The lowest BCUT2D eigenvalue weighted by Crippen LogP contribution is -2.42. The molecule has 19 heavy (non-hydrogen) atoms. The van der Waals surface area contributed by atoms with Crippen LogP contribution in [0.5, 0.6) is 0 Å². The average molecular weight is 265 g/mol. The molecule has 1 aromatic heterocycles. The van der Waals surface area contributed by atoms with Gasteiger partial charge in [0, 0.05) is 12.7 Å². The number of fused-ring (bicyclic) bond motifs is 1. The van der Waals surface area contributed by atoms with Gasteiger partial charge in [-0.2, -0.15) is 0 Å². The van der Waals surface area contributed by atoms with Crippen LogP contribution < -0.4 is 16.8 Å². The average Bonchev–Trinajstić information content (AvgIpc) is 2.64. The number of hydrogen-bond acceptors (Lipinski definition) is 5. The second kappa shape index (κ2) is 4.58. The van der Waals surface area contributed by atoms with Crippen LogP contribution in [0.3, 0.4) is 0 Å². The number of nitrogens with zero attached hydrogens (tertiary/aromatic N) is 1. The van der Waals surface area contributed by atoms with Crippen LogP contribution in [-0.2, 0) is 16.6 Å². The Bertz CT molecular complexity index is 715. The van der Waals surface area contributed by atoms with E-state index in [0.717, 1.165) is 0 Å². The molecule has 0 aliphatic rings. The van der Waals surface area contributed by atoms with Crippen LogP contribution in [0.4, 0.5) is 5.69 Å². The van der Waals surface area contributed by atoms with E-state index < -0.39 is 23.7 Å². The number of nitrogens with two attached hydrogens (primary N) is 1. The minimum absolute atomic E-state index is 0.325. The van der Waals surface area contributed by atoms with Crippen molar-refractivity contribution in [1.29, 1.82) is 0 Å². The lowest BCUT2D eigenvalue weighted by Gasteiger charge is -2.08. The van der Waals surface area contributed by atoms with Gasteiger partial charge in [0.1, 0.15) is 0 Å². The van der Waals surface area contributed by atoms with Gasteiger partial charge in [-0.15, -0.1) is 0 Å². The third-order valence-electron chi connectivity index (χ3n) is 2.61. The Kier molecular flexibility index (Phi) is 3.09. The predicted octanol–water partition coefficient (Wildman–Crippen LogP) is -0.518. The molecule has 0 aliphatic carbocycles. The van der Waals surface area contributed by atoms with Crippen molar-refractivity contribution in [3.05, 3.63) is 28.7 Å². The summed E-state index contributed by atoms with van der Waals surface area (Å²) in [7, 11) is 1.52. The number of carboxylic acid groups (broad SMARTS) is 1. The van der Waals surface area contributed by atoms with E-state index in [0.29, 0.717) is 16.8 Å². The van der Waals surface area contributed by atoms with Gasteiger partial charge in [-0.25, -0.2) is 9.59 Å². The van der Waals surface area contributed by atoms with E-state index in [1.165, 1.54) is 29.8 Å². The molecule has 0 aliphatic heterocycles. The third-order valence-corrected chi connectivity index (χ3v) is 2.61. The van der Waals surface area contributed by atoms with Crippen LogP contribution >= 0.6 is 0 Å². The molecule has 8 heteroatoms. The molecule has 2 rings (SSSR count). The van der Waals surface area contributed by atoms with Crippen LogP contribution in [0.25, 0.3) is 11.1 Å². The second-order valence-corrected chi connectivity index (χ2v) is 3.91. The fourth-order valence-corrected chi connectivity index (χ4v) is 1.54. The molecule has 4 N–H and O–H groups in total. The van der Waals surface area contributed by atoms with Crippen molar-refractivity contribution in [3.63, 3.8) is 0 Å². The summed E-state index contributed by atoms with van der Waals surface area (Å²) < 4.78 is 6.19. The fraction of sp³-hybridized carbons (Fsp3) is 0.182. The number of carbonyl (C=O) groups is 2. The zero-order chi connectivity index (χ0) is 14.2. The Balaban J connectivity index is 2.32. The fourth-order valence-electron chi connectivity index (χ4n) is 1.54. The summed E-state index contributed by atoms with van der Waals surface area (Å²) in [6.45, 7) is 0. The Morgan fingerprint density at radius 3 is 2.79 bits per heavy atom. The van der Waals surface area contributed by atoms with Crippen molar-refractivity contribution in [2.45, 2.75) is 6.04 Å². The topological polar surface area (TPSA) is 128 Å². The van der Waals surface area contributed by atoms with Crippen molar-refractivity contribution < 1.29 is 19.1 Å². The third kappa shape index (κ3) is 2.33. The van der Waals surface area contributed by atoms with Gasteiger partial charge in [-0.05, 0) is 18.2 Å². The predicted molar refractivity (Wildman–Crippen MR) is 65.7 cm³/mol. The molecule has 0 bridgehead atoms. The molecule has 1 heterocycles. The van der Waals surface area contributed by atoms with Gasteiger partial charge < -0.3 is 20.6 Å². The Morgan fingerprint density at radius 1 is 1.47 bits per heavy atom. The van der Waals surface area contributed by atoms with Crippen molar-refractivity contribution in [2.75, 3.05) is 5.32 Å². The summed E-state index contributed by atoms with van der Waals surface area (Å²) in [5, 5.41) is 11.0. The number of carbonyl (C=O) groups excluding carboxylic acids is 1. The number of oxazole rings is 1. The SMILES string of the molecule is Cn1c(=O)oc2ccc(NC(=O)C(N)C(=O)O)cc21. The van der Waals surface area contributed by atoms with Crippen molar-refractivity contribution in [1.82, 2.24) is 4.57 Å². The van der Waals surface area contributed by atoms with E-state index in [-0.39, 0.29) is 0 Å². The molecule has 0 fully saturated rings. The first-order valence-corrected chi connectivity index (χ1v) is 5.29. The molecule has 100 valence electrons. The first-order chi connectivity index (χ1) is 8.90. The standard InChI is InChI=1S/C11H11N3O5/c1-14-6-4-5(2-3-7(6)19-11(14)18)13-9(15)8(12)10(16)17/h2-4,8H,12H2,1H3,(H,13,15)(H,16,17). The zero-order valence-corrected chi connectivity index (χ0v) is 9.91. The first-order valence-electron chi connectivity index (χ1n) is 5.29. The number of hydrogen-bond donors (Lipinski definition) is 3. The highest BCUT2D eigenvalue weighted by atomic mass is 16.4. The number of amides is 1. The van der Waals surface area contributed by atoms with Gasteiger partial charge in [0.15, 0.2) is 11.6 Å². The molecular formula is C11H11N3O5. The number of aliphatic carboxylic acids is 1. The lowest BCUT2D eigenvalue weighted by atomic mass is 10.2. The normalized spacial score (nSPS) is 12.3. The molecular weight excluding hydrogens is 254 g/mol. The quantitative estimate of drug-likeness (QED) is 0.641. The molecule has 0 radical (unpaired) electrons. The Labute approximate surface area is 106 Å². The maximum Gasteiger partial charge on any atom is 0.419 e. The smallest absolute Gasteiger partial charge is 0.419 e. The van der Waals surface area contributed by atoms with E-state index in [1.54, 1.807) is 0 Å². The Morgan fingerprint density at radius 2 is 2.16 bits per heavy atom. The molecule has 0 spiro atoms. The maximum atomic E-state index is 11.5. The van der Waals surface area contributed by atoms with Crippen LogP contribution in [0.2, 0.25) is 0 Å². The van der Waals surface area contributed by atoms with Gasteiger partial charge in [-0.1, -0.05) is 0 Å². The van der Waals surface area contributed by atoms with Crippen LogP contribution in [0.1, 0.15) is 0 Å². The van der Waals surface area contributed by atoms with Gasteiger partial charge in [0.25, 0.3) is 5.91 Å². The summed E-state index contributed by atoms with van der Waals surface area (Å²) in [5.41, 5.74) is 6.34. The molecule has 1 unspecified atom stereocenters. The number of aromatic nitrogens is 1. The van der Waals surface area contributed by atoms with Crippen molar-refractivity contribution in [3.8, 4) is 0 Å². The highest BCUT2D eigenvalue weighted by Gasteiger charge is 2.21. The summed E-state index contributed by atoms with van der Waals surface area (Å²) in [4.78, 5) is 33.3.